The highest BCUT2D eigenvalue weighted by Crippen LogP contribution is 2.17. The summed E-state index contributed by atoms with van der Waals surface area (Å²) in [6.07, 6.45) is 3.10. The fraction of sp³-hybridized carbons (Fsp3) is 0. The second-order valence-electron chi connectivity index (χ2n) is 3.02. The number of nitrogen functional groups attached to an aromatic ring is 1. The highest BCUT2D eigenvalue weighted by molar-refractivity contribution is 5.66. The lowest BCUT2D eigenvalue weighted by atomic mass is 10.1. The summed E-state index contributed by atoms with van der Waals surface area (Å²) in [6.45, 7) is 0. The first-order valence-corrected chi connectivity index (χ1v) is 4.42. The fourth-order valence-corrected chi connectivity index (χ4v) is 1.31. The Kier molecular flexibility index (Phi) is 2.36. The average Bonchev–Trinajstić information content (AvgIpc) is 2.29. The number of H-pyrrole nitrogens is 1. The van der Waals surface area contributed by atoms with Crippen molar-refractivity contribution in [3.05, 3.63) is 40.4 Å². The van der Waals surface area contributed by atoms with E-state index >= 15 is 0 Å². The zero-order valence-corrected chi connectivity index (χ0v) is 8.14. The lowest BCUT2D eigenvalue weighted by molar-refractivity contribution is 1.12. The predicted octanol–water partition coefficient (Wildman–Crippen LogP) is 0.286. The van der Waals surface area contributed by atoms with Crippen LogP contribution in [-0.4, -0.2) is 15.0 Å². The van der Waals surface area contributed by atoms with E-state index in [1.807, 2.05) is 6.07 Å². The summed E-state index contributed by atoms with van der Waals surface area (Å²) in [6, 6.07) is 5.12. The van der Waals surface area contributed by atoms with Crippen molar-refractivity contribution < 1.29 is 0 Å². The Morgan fingerprint density at radius 2 is 2.06 bits per heavy atom. The van der Waals surface area contributed by atoms with Gasteiger partial charge in [-0.15, -0.1) is 0 Å². The van der Waals surface area contributed by atoms with Gasteiger partial charge in [-0.1, -0.05) is 0 Å². The number of aromatic amines is 1. The van der Waals surface area contributed by atoms with Crippen LogP contribution in [0.1, 0.15) is 5.56 Å². The van der Waals surface area contributed by atoms with E-state index in [1.54, 1.807) is 24.5 Å². The minimum atomic E-state index is -0.540. The topological polar surface area (TPSA) is 108 Å². The van der Waals surface area contributed by atoms with E-state index in [9.17, 15) is 4.79 Å². The highest BCUT2D eigenvalue weighted by atomic mass is 16.1. The van der Waals surface area contributed by atoms with Crippen molar-refractivity contribution in [2.75, 3.05) is 5.73 Å². The minimum absolute atomic E-state index is 0.0178. The first kappa shape index (κ1) is 9.86. The van der Waals surface area contributed by atoms with Gasteiger partial charge < -0.3 is 5.73 Å². The fourth-order valence-electron chi connectivity index (χ4n) is 1.31. The molecular formula is C10H7N5O. The van der Waals surface area contributed by atoms with E-state index in [4.69, 9.17) is 11.0 Å². The summed E-state index contributed by atoms with van der Waals surface area (Å²) in [5.74, 6) is -0.0178. The quantitative estimate of drug-likeness (QED) is 0.707. The molecule has 2 rings (SSSR count). The van der Waals surface area contributed by atoms with Crippen molar-refractivity contribution in [1.29, 1.82) is 5.26 Å². The molecule has 0 bridgehead atoms. The maximum atomic E-state index is 11.5. The molecular weight excluding hydrogens is 206 g/mol. The average molecular weight is 213 g/mol. The third kappa shape index (κ3) is 1.62. The van der Waals surface area contributed by atoms with Crippen LogP contribution in [0.2, 0.25) is 0 Å². The van der Waals surface area contributed by atoms with Gasteiger partial charge in [0.05, 0.1) is 5.69 Å². The van der Waals surface area contributed by atoms with Crippen LogP contribution in [0.25, 0.3) is 11.3 Å². The molecule has 0 spiro atoms. The molecule has 3 N–H and O–H groups in total. The molecule has 0 radical (unpaired) electrons. The van der Waals surface area contributed by atoms with Gasteiger partial charge in [0.25, 0.3) is 5.56 Å². The highest BCUT2D eigenvalue weighted by Gasteiger charge is 2.11. The molecule has 0 atom stereocenters. The molecule has 2 heterocycles. The maximum absolute atomic E-state index is 11.5. The Morgan fingerprint density at radius 1 is 1.38 bits per heavy atom. The van der Waals surface area contributed by atoms with Crippen LogP contribution < -0.4 is 11.3 Å². The van der Waals surface area contributed by atoms with E-state index in [-0.39, 0.29) is 17.2 Å². The van der Waals surface area contributed by atoms with Gasteiger partial charge in [0, 0.05) is 18.0 Å². The Hall–Kier alpha value is -2.68. The number of nitriles is 1. The molecule has 16 heavy (non-hydrogen) atoms. The van der Waals surface area contributed by atoms with E-state index in [1.165, 1.54) is 0 Å². The first-order chi connectivity index (χ1) is 7.72. The van der Waals surface area contributed by atoms with Gasteiger partial charge in [-0.05, 0) is 12.1 Å². The Balaban J connectivity index is 2.75. The van der Waals surface area contributed by atoms with Crippen molar-refractivity contribution in [3.63, 3.8) is 0 Å². The predicted molar refractivity (Wildman–Crippen MR) is 57.2 cm³/mol. The normalized spacial score (nSPS) is 9.69. The molecule has 6 heteroatoms. The van der Waals surface area contributed by atoms with Gasteiger partial charge in [0.1, 0.15) is 11.6 Å². The van der Waals surface area contributed by atoms with Gasteiger partial charge in [-0.2, -0.15) is 5.26 Å². The van der Waals surface area contributed by atoms with Crippen molar-refractivity contribution in [2.45, 2.75) is 0 Å². The maximum Gasteiger partial charge on any atom is 0.270 e. The molecule has 6 nitrogen and oxygen atoms in total. The minimum Gasteiger partial charge on any atom is -0.369 e. The molecule has 0 amide bonds. The summed E-state index contributed by atoms with van der Waals surface area (Å²) in [7, 11) is 0. The van der Waals surface area contributed by atoms with E-state index in [0.29, 0.717) is 5.56 Å². The molecule has 0 aliphatic heterocycles. The molecule has 0 aromatic carbocycles. The number of aromatic nitrogens is 3. The van der Waals surface area contributed by atoms with Gasteiger partial charge in [-0.25, -0.2) is 4.98 Å². The Bertz CT molecular complexity index is 611. The largest absolute Gasteiger partial charge is 0.369 e. The van der Waals surface area contributed by atoms with Crippen molar-refractivity contribution >= 4 is 5.95 Å². The monoisotopic (exact) mass is 213 g/mol. The third-order valence-electron chi connectivity index (χ3n) is 2.00. The Morgan fingerprint density at radius 3 is 2.69 bits per heavy atom. The number of hydrogen-bond donors (Lipinski definition) is 2. The van der Waals surface area contributed by atoms with E-state index < -0.39 is 5.56 Å². The summed E-state index contributed by atoms with van der Waals surface area (Å²) in [4.78, 5) is 21.5. The standard InChI is InChI=1S/C10H7N5O/c11-5-7-8(6-1-3-13-4-2-6)14-10(12)15-9(7)16/h1-4H,(H3,12,14,15,16). The van der Waals surface area contributed by atoms with Crippen LogP contribution >= 0.6 is 0 Å². The summed E-state index contributed by atoms with van der Waals surface area (Å²) in [5, 5.41) is 8.89. The number of nitrogens with zero attached hydrogens (tertiary/aromatic N) is 3. The second kappa shape index (κ2) is 3.82. The number of hydrogen-bond acceptors (Lipinski definition) is 5. The van der Waals surface area contributed by atoms with Gasteiger partial charge in [-0.3, -0.25) is 14.8 Å². The van der Waals surface area contributed by atoms with Gasteiger partial charge in [0.2, 0.25) is 5.95 Å². The first-order valence-electron chi connectivity index (χ1n) is 4.42. The SMILES string of the molecule is N#Cc1c(-c2ccncc2)nc(N)[nH]c1=O. The zero-order chi connectivity index (χ0) is 11.5. The van der Waals surface area contributed by atoms with Gasteiger partial charge in [0.15, 0.2) is 0 Å². The van der Waals surface area contributed by atoms with Crippen LogP contribution in [-0.2, 0) is 0 Å². The molecule has 2 aromatic heterocycles. The summed E-state index contributed by atoms with van der Waals surface area (Å²) < 4.78 is 0. The molecule has 0 aliphatic rings. The van der Waals surface area contributed by atoms with Crippen molar-refractivity contribution in [1.82, 2.24) is 15.0 Å². The van der Waals surface area contributed by atoms with Crippen LogP contribution in [0.4, 0.5) is 5.95 Å². The molecule has 0 aliphatic carbocycles. The molecule has 2 aromatic rings. The van der Waals surface area contributed by atoms with E-state index in [2.05, 4.69) is 15.0 Å². The number of nitrogens with one attached hydrogen (secondary N) is 1. The molecule has 0 unspecified atom stereocenters. The number of rotatable bonds is 1. The molecule has 0 saturated heterocycles. The number of pyridine rings is 1. The van der Waals surface area contributed by atoms with Crippen LogP contribution in [0.5, 0.6) is 0 Å². The number of anilines is 1. The number of nitrogens with two attached hydrogens (primary N) is 1. The smallest absolute Gasteiger partial charge is 0.270 e. The molecule has 78 valence electrons. The molecule has 0 fully saturated rings. The zero-order valence-electron chi connectivity index (χ0n) is 8.14. The third-order valence-corrected chi connectivity index (χ3v) is 2.00. The summed E-state index contributed by atoms with van der Waals surface area (Å²) >= 11 is 0. The lowest BCUT2D eigenvalue weighted by Crippen LogP contribution is -2.16. The van der Waals surface area contributed by atoms with Crippen LogP contribution in [0, 0.1) is 11.3 Å². The van der Waals surface area contributed by atoms with Gasteiger partial charge >= 0.3 is 0 Å². The van der Waals surface area contributed by atoms with E-state index in [0.717, 1.165) is 0 Å². The molecule has 0 saturated carbocycles. The summed E-state index contributed by atoms with van der Waals surface area (Å²) in [5.41, 5.74) is 5.73. The van der Waals surface area contributed by atoms with Crippen molar-refractivity contribution in [3.8, 4) is 17.3 Å². The second-order valence-corrected chi connectivity index (χ2v) is 3.02. The van der Waals surface area contributed by atoms with Crippen molar-refractivity contribution in [2.24, 2.45) is 0 Å². The Labute approximate surface area is 90.4 Å². The van der Waals surface area contributed by atoms with Crippen LogP contribution in [0.15, 0.2) is 29.3 Å². The lowest BCUT2D eigenvalue weighted by Gasteiger charge is -2.02. The van der Waals surface area contributed by atoms with Crippen LogP contribution in [0.3, 0.4) is 0 Å².